The van der Waals surface area contributed by atoms with Crippen LogP contribution < -0.4 is 4.74 Å². The van der Waals surface area contributed by atoms with Crippen molar-refractivity contribution < 1.29 is 22.7 Å². The predicted octanol–water partition coefficient (Wildman–Crippen LogP) is 3.46. The van der Waals surface area contributed by atoms with Crippen molar-refractivity contribution >= 4 is 23.3 Å². The highest BCUT2D eigenvalue weighted by atomic mass is 32.1. The second-order valence-electron chi connectivity index (χ2n) is 5.19. The molecular weight excluding hydrogens is 341 g/mol. The van der Waals surface area contributed by atoms with Crippen molar-refractivity contribution in [2.45, 2.75) is 12.3 Å². The molecule has 0 aliphatic carbocycles. The second-order valence-corrected chi connectivity index (χ2v) is 6.16. The van der Waals surface area contributed by atoms with E-state index >= 15 is 0 Å². The van der Waals surface area contributed by atoms with E-state index in [1.54, 1.807) is 6.08 Å². The first-order chi connectivity index (χ1) is 11.4. The summed E-state index contributed by atoms with van der Waals surface area (Å²) in [5.74, 6) is -0.642. The van der Waals surface area contributed by atoms with Gasteiger partial charge in [-0.3, -0.25) is 4.79 Å². The third-order valence-corrected chi connectivity index (χ3v) is 4.29. The maximum atomic E-state index is 12.9. The van der Waals surface area contributed by atoms with E-state index in [0.29, 0.717) is 0 Å². The van der Waals surface area contributed by atoms with E-state index in [1.165, 1.54) is 34.6 Å². The number of hydrogen-bond donors (Lipinski definition) is 0. The van der Waals surface area contributed by atoms with Gasteiger partial charge in [0.15, 0.2) is 0 Å². The van der Waals surface area contributed by atoms with Crippen LogP contribution in [0.1, 0.15) is 10.4 Å². The third-order valence-electron chi connectivity index (χ3n) is 3.45. The fraction of sp³-hybridized carbons (Fsp3) is 0.250. The lowest BCUT2D eigenvalue weighted by Gasteiger charge is -2.38. The van der Waals surface area contributed by atoms with E-state index in [4.69, 9.17) is 4.74 Å². The molecule has 24 heavy (non-hydrogen) atoms. The topological polar surface area (TPSA) is 42.4 Å². The van der Waals surface area contributed by atoms with Crippen LogP contribution >= 0.6 is 11.3 Å². The molecule has 3 rings (SSSR count). The standard InChI is InChI=1S/C16H13F3N2O2S/c17-16(18,19)13-4-1-7-20-15(13)23-11-9-21(10-11)14(22)6-5-12-3-2-8-24-12/h1-8,11H,9-10H2/b6-5+. The number of alkyl halides is 3. The van der Waals surface area contributed by atoms with Gasteiger partial charge < -0.3 is 9.64 Å². The van der Waals surface area contributed by atoms with Gasteiger partial charge in [-0.25, -0.2) is 4.98 Å². The molecule has 126 valence electrons. The number of hydrogen-bond acceptors (Lipinski definition) is 4. The van der Waals surface area contributed by atoms with Gasteiger partial charge in [-0.15, -0.1) is 11.3 Å². The van der Waals surface area contributed by atoms with E-state index in [1.807, 2.05) is 17.5 Å². The number of carbonyl (C=O) groups is 1. The first-order valence-corrected chi connectivity index (χ1v) is 8.01. The normalized spacial score (nSPS) is 15.5. The molecule has 0 spiro atoms. The molecule has 1 saturated heterocycles. The van der Waals surface area contributed by atoms with E-state index in [0.717, 1.165) is 10.9 Å². The minimum absolute atomic E-state index is 0.194. The van der Waals surface area contributed by atoms with Gasteiger partial charge >= 0.3 is 6.18 Å². The van der Waals surface area contributed by atoms with Gasteiger partial charge in [-0.1, -0.05) is 6.07 Å². The van der Waals surface area contributed by atoms with Gasteiger partial charge in [0, 0.05) is 17.2 Å². The van der Waals surface area contributed by atoms with Crippen molar-refractivity contribution in [3.8, 4) is 5.88 Å². The van der Waals surface area contributed by atoms with Gasteiger partial charge in [-0.05, 0) is 29.7 Å². The highest BCUT2D eigenvalue weighted by molar-refractivity contribution is 7.10. The lowest BCUT2D eigenvalue weighted by molar-refractivity contribution is -0.143. The molecule has 2 aromatic rings. The lowest BCUT2D eigenvalue weighted by atomic mass is 10.1. The summed E-state index contributed by atoms with van der Waals surface area (Å²) in [6, 6.07) is 5.90. The Morgan fingerprint density at radius 1 is 1.33 bits per heavy atom. The average molecular weight is 354 g/mol. The molecule has 1 aliphatic rings. The lowest BCUT2D eigenvalue weighted by Crippen LogP contribution is -2.55. The zero-order chi connectivity index (χ0) is 17.2. The molecule has 8 heteroatoms. The van der Waals surface area contributed by atoms with Crippen molar-refractivity contribution in [1.29, 1.82) is 0 Å². The number of likely N-dealkylation sites (tertiary alicyclic amines) is 1. The first kappa shape index (κ1) is 16.5. The first-order valence-electron chi connectivity index (χ1n) is 7.13. The molecular formula is C16H13F3N2O2S. The van der Waals surface area contributed by atoms with Crippen LogP contribution in [-0.4, -0.2) is 35.0 Å². The number of thiophene rings is 1. The Morgan fingerprint density at radius 2 is 2.12 bits per heavy atom. The Bertz CT molecular complexity index is 738. The van der Waals surface area contributed by atoms with Crippen LogP contribution in [0, 0.1) is 0 Å². The van der Waals surface area contributed by atoms with Crippen LogP contribution in [0.2, 0.25) is 0 Å². The fourth-order valence-electron chi connectivity index (χ4n) is 2.20. The summed E-state index contributed by atoms with van der Waals surface area (Å²) in [7, 11) is 0. The summed E-state index contributed by atoms with van der Waals surface area (Å²) in [4.78, 5) is 18.0. The number of halogens is 3. The highest BCUT2D eigenvalue weighted by Gasteiger charge is 2.38. The largest absolute Gasteiger partial charge is 0.470 e. The van der Waals surface area contributed by atoms with Gasteiger partial charge in [0.1, 0.15) is 11.7 Å². The minimum Gasteiger partial charge on any atom is -0.470 e. The van der Waals surface area contributed by atoms with E-state index in [9.17, 15) is 18.0 Å². The van der Waals surface area contributed by atoms with Gasteiger partial charge in [0.25, 0.3) is 0 Å². The molecule has 3 heterocycles. The summed E-state index contributed by atoms with van der Waals surface area (Å²) < 4.78 is 43.9. The van der Waals surface area contributed by atoms with Crippen molar-refractivity contribution in [2.75, 3.05) is 13.1 Å². The maximum absolute atomic E-state index is 12.9. The Balaban J connectivity index is 1.55. The Labute approximate surface area is 140 Å². The smallest absolute Gasteiger partial charge is 0.421 e. The molecule has 0 bridgehead atoms. The van der Waals surface area contributed by atoms with Gasteiger partial charge in [0.2, 0.25) is 11.8 Å². The van der Waals surface area contributed by atoms with Gasteiger partial charge in [0.05, 0.1) is 13.1 Å². The van der Waals surface area contributed by atoms with Crippen LogP contribution in [0.25, 0.3) is 6.08 Å². The van der Waals surface area contributed by atoms with Crippen molar-refractivity contribution in [1.82, 2.24) is 9.88 Å². The van der Waals surface area contributed by atoms with Crippen LogP contribution in [0.3, 0.4) is 0 Å². The van der Waals surface area contributed by atoms with Crippen LogP contribution in [0.4, 0.5) is 13.2 Å². The monoisotopic (exact) mass is 354 g/mol. The predicted molar refractivity (Wildman–Crippen MR) is 83.6 cm³/mol. The molecule has 0 radical (unpaired) electrons. The SMILES string of the molecule is O=C(/C=C/c1cccs1)N1CC(Oc2ncccc2C(F)(F)F)C1. The molecule has 0 N–H and O–H groups in total. The zero-order valence-corrected chi connectivity index (χ0v) is 13.2. The number of rotatable bonds is 4. The number of ether oxygens (including phenoxy) is 1. The van der Waals surface area contributed by atoms with E-state index in [2.05, 4.69) is 4.98 Å². The minimum atomic E-state index is -4.52. The Kier molecular flexibility index (Phi) is 4.57. The zero-order valence-electron chi connectivity index (χ0n) is 12.4. The molecule has 4 nitrogen and oxygen atoms in total. The fourth-order valence-corrected chi connectivity index (χ4v) is 2.81. The van der Waals surface area contributed by atoms with Crippen molar-refractivity contribution in [3.05, 3.63) is 52.4 Å². The number of aromatic nitrogens is 1. The van der Waals surface area contributed by atoms with Crippen molar-refractivity contribution in [2.24, 2.45) is 0 Å². The summed E-state index contributed by atoms with van der Waals surface area (Å²) in [6.07, 6.45) is -0.603. The van der Waals surface area contributed by atoms with Crippen LogP contribution in [-0.2, 0) is 11.0 Å². The summed E-state index contributed by atoms with van der Waals surface area (Å²) in [5, 5.41) is 1.91. The summed E-state index contributed by atoms with van der Waals surface area (Å²) >= 11 is 1.51. The summed E-state index contributed by atoms with van der Waals surface area (Å²) in [5.41, 5.74) is -0.910. The molecule has 0 atom stereocenters. The third kappa shape index (κ3) is 3.76. The second kappa shape index (κ2) is 6.64. The molecule has 2 aromatic heterocycles. The number of carbonyl (C=O) groups excluding carboxylic acids is 1. The molecule has 1 aliphatic heterocycles. The quantitative estimate of drug-likeness (QED) is 0.790. The molecule has 0 aromatic carbocycles. The van der Waals surface area contributed by atoms with Crippen LogP contribution in [0.15, 0.2) is 41.9 Å². The Hall–Kier alpha value is -2.35. The number of nitrogens with zero attached hydrogens (tertiary/aromatic N) is 2. The molecule has 0 unspecified atom stereocenters. The van der Waals surface area contributed by atoms with E-state index in [-0.39, 0.29) is 19.0 Å². The molecule has 0 saturated carbocycles. The molecule has 1 amide bonds. The highest BCUT2D eigenvalue weighted by Crippen LogP contribution is 2.35. The van der Waals surface area contributed by atoms with E-state index < -0.39 is 23.7 Å². The maximum Gasteiger partial charge on any atom is 0.421 e. The van der Waals surface area contributed by atoms with Gasteiger partial charge in [-0.2, -0.15) is 13.2 Å². The Morgan fingerprint density at radius 3 is 2.79 bits per heavy atom. The number of pyridine rings is 1. The average Bonchev–Trinajstić information content (AvgIpc) is 3.01. The number of amides is 1. The summed E-state index contributed by atoms with van der Waals surface area (Å²) in [6.45, 7) is 0.475. The molecule has 1 fully saturated rings. The van der Waals surface area contributed by atoms with Crippen LogP contribution in [0.5, 0.6) is 5.88 Å². The van der Waals surface area contributed by atoms with Crippen molar-refractivity contribution in [3.63, 3.8) is 0 Å².